The maximum atomic E-state index is 8.97. The molecule has 0 saturated carbocycles. The average molecular weight is 318 g/mol. The lowest BCUT2D eigenvalue weighted by Gasteiger charge is -2.29. The van der Waals surface area contributed by atoms with Gasteiger partial charge in [0, 0.05) is 19.2 Å². The van der Waals surface area contributed by atoms with Crippen molar-refractivity contribution in [2.45, 2.75) is 0 Å². The molecule has 1 saturated heterocycles. The lowest BCUT2D eigenvalue weighted by Crippen LogP contribution is -3.00. The molecule has 2 aromatic carbocycles. The molecule has 1 aliphatic heterocycles. The fourth-order valence-corrected chi connectivity index (χ4v) is 2.33. The first-order valence-corrected chi connectivity index (χ1v) is 6.91. The molecule has 22 heavy (non-hydrogen) atoms. The Bertz CT molecular complexity index is 652. The normalized spacial score (nSPS) is 13.9. The summed E-state index contributed by atoms with van der Waals surface area (Å²) >= 11 is 0. The summed E-state index contributed by atoms with van der Waals surface area (Å²) in [4.78, 5) is 5.45. The van der Waals surface area contributed by atoms with Crippen LogP contribution in [0.5, 0.6) is 11.5 Å². The van der Waals surface area contributed by atoms with Crippen LogP contribution in [0.3, 0.4) is 0 Å². The molecule has 0 N–H and O–H groups in total. The van der Waals surface area contributed by atoms with Gasteiger partial charge in [-0.05, 0) is 18.2 Å². The van der Waals surface area contributed by atoms with Gasteiger partial charge in [-0.1, -0.05) is 18.2 Å². The standard InChI is InChI=1S/C16H16N3O2.ClH/c17-18-13-6-7-15(19-8-10-20-11-9-19)16(12-13)21-14-4-2-1-3-5-14;/h1-7,12H,8-11H2;1H/q+1;/p-1. The Balaban J connectivity index is 0.00000176. The summed E-state index contributed by atoms with van der Waals surface area (Å²) in [5, 5.41) is 8.97. The molecule has 3 rings (SSSR count). The maximum absolute atomic E-state index is 8.97. The fourth-order valence-electron chi connectivity index (χ4n) is 2.33. The summed E-state index contributed by atoms with van der Waals surface area (Å²) < 4.78 is 11.3. The zero-order valence-corrected chi connectivity index (χ0v) is 12.7. The number of ether oxygens (including phenoxy) is 2. The van der Waals surface area contributed by atoms with Crippen molar-refractivity contribution in [2.75, 3.05) is 31.2 Å². The number of benzene rings is 2. The molecule has 1 aliphatic rings. The molecular formula is C16H16ClN3O2. The number of morpholine rings is 1. The Hall–Kier alpha value is -2.29. The van der Waals surface area contributed by atoms with E-state index < -0.39 is 0 Å². The molecule has 1 fully saturated rings. The molecule has 2 aromatic rings. The average Bonchev–Trinajstić information content (AvgIpc) is 2.56. The molecule has 6 heteroatoms. The van der Waals surface area contributed by atoms with Gasteiger partial charge in [0.15, 0.2) is 10.7 Å². The predicted octanol–water partition coefficient (Wildman–Crippen LogP) is 0.804. The molecule has 1 heterocycles. The van der Waals surface area contributed by atoms with E-state index in [1.165, 1.54) is 0 Å². The summed E-state index contributed by atoms with van der Waals surface area (Å²) in [6.45, 7) is 3.05. The molecule has 0 amide bonds. The molecule has 0 aromatic heterocycles. The van der Waals surface area contributed by atoms with Crippen LogP contribution in [0.1, 0.15) is 0 Å². The molecule has 5 nitrogen and oxygen atoms in total. The van der Waals surface area contributed by atoms with E-state index in [0.29, 0.717) is 24.7 Å². The minimum atomic E-state index is 0. The Kier molecular flexibility index (Phi) is 5.59. The second-order valence-electron chi connectivity index (χ2n) is 4.77. The molecule has 0 spiro atoms. The van der Waals surface area contributed by atoms with Crippen LogP contribution in [0.15, 0.2) is 48.5 Å². The number of hydrogen-bond donors (Lipinski definition) is 0. The highest BCUT2D eigenvalue weighted by Gasteiger charge is 2.19. The number of rotatable bonds is 3. The molecular weight excluding hydrogens is 302 g/mol. The Labute approximate surface area is 135 Å². The van der Waals surface area contributed by atoms with Gasteiger partial charge in [0.25, 0.3) is 0 Å². The third kappa shape index (κ3) is 3.67. The molecule has 0 unspecified atom stereocenters. The zero-order valence-electron chi connectivity index (χ0n) is 12.0. The van der Waals surface area contributed by atoms with Crippen molar-refractivity contribution < 1.29 is 21.9 Å². The Morgan fingerprint density at radius 3 is 2.45 bits per heavy atom. The van der Waals surface area contributed by atoms with Crippen LogP contribution in [0.25, 0.3) is 4.98 Å². The van der Waals surface area contributed by atoms with Crippen molar-refractivity contribution in [1.82, 2.24) is 0 Å². The summed E-state index contributed by atoms with van der Waals surface area (Å²) in [6, 6.07) is 15.0. The van der Waals surface area contributed by atoms with Gasteiger partial charge in [-0.3, -0.25) is 0 Å². The van der Waals surface area contributed by atoms with E-state index in [-0.39, 0.29) is 12.4 Å². The first-order valence-electron chi connectivity index (χ1n) is 6.91. The van der Waals surface area contributed by atoms with Crippen molar-refractivity contribution in [2.24, 2.45) is 0 Å². The van der Waals surface area contributed by atoms with E-state index in [1.54, 1.807) is 12.1 Å². The van der Waals surface area contributed by atoms with E-state index >= 15 is 0 Å². The lowest BCUT2D eigenvalue weighted by molar-refractivity contribution is -0.00000570. The van der Waals surface area contributed by atoms with Crippen LogP contribution in [-0.4, -0.2) is 26.3 Å². The minimum absolute atomic E-state index is 0. The highest BCUT2D eigenvalue weighted by atomic mass is 35.5. The van der Waals surface area contributed by atoms with Crippen molar-refractivity contribution >= 4 is 11.4 Å². The van der Waals surface area contributed by atoms with Crippen molar-refractivity contribution in [3.05, 3.63) is 53.5 Å². The van der Waals surface area contributed by atoms with Gasteiger partial charge in [0.1, 0.15) is 5.75 Å². The second-order valence-corrected chi connectivity index (χ2v) is 4.77. The van der Waals surface area contributed by atoms with Crippen LogP contribution in [-0.2, 0) is 4.74 Å². The smallest absolute Gasteiger partial charge is 0.388 e. The first-order chi connectivity index (χ1) is 10.4. The SMILES string of the molecule is N#[N+]c1ccc(N2CCOCC2)c(Oc2ccccc2)c1.[Cl-]. The van der Waals surface area contributed by atoms with E-state index in [0.717, 1.165) is 24.5 Å². The summed E-state index contributed by atoms with van der Waals surface area (Å²) in [7, 11) is 0. The van der Waals surface area contributed by atoms with Crippen molar-refractivity contribution in [1.29, 1.82) is 5.39 Å². The highest BCUT2D eigenvalue weighted by Crippen LogP contribution is 2.36. The van der Waals surface area contributed by atoms with Crippen molar-refractivity contribution in [3.8, 4) is 11.5 Å². The van der Waals surface area contributed by atoms with Gasteiger partial charge in [0.05, 0.1) is 25.0 Å². The van der Waals surface area contributed by atoms with Crippen LogP contribution in [0.4, 0.5) is 11.4 Å². The predicted molar refractivity (Wildman–Crippen MR) is 80.7 cm³/mol. The third-order valence-electron chi connectivity index (χ3n) is 3.38. The van der Waals surface area contributed by atoms with E-state index in [4.69, 9.17) is 14.9 Å². The number of hydrogen-bond acceptors (Lipinski definition) is 4. The van der Waals surface area contributed by atoms with Gasteiger partial charge in [-0.2, -0.15) is 0 Å². The van der Waals surface area contributed by atoms with Gasteiger partial charge >= 0.3 is 5.69 Å². The van der Waals surface area contributed by atoms with E-state index in [9.17, 15) is 0 Å². The minimum Gasteiger partial charge on any atom is -1.00 e. The molecule has 114 valence electrons. The van der Waals surface area contributed by atoms with Crippen LogP contribution < -0.4 is 22.0 Å². The zero-order chi connectivity index (χ0) is 14.5. The lowest BCUT2D eigenvalue weighted by atomic mass is 10.2. The van der Waals surface area contributed by atoms with E-state index in [2.05, 4.69) is 9.88 Å². The van der Waals surface area contributed by atoms with Crippen LogP contribution in [0.2, 0.25) is 0 Å². The first kappa shape index (κ1) is 16.1. The second kappa shape index (κ2) is 7.64. The number of para-hydroxylation sites is 1. The maximum Gasteiger partial charge on any atom is 0.388 e. The number of halogens is 1. The van der Waals surface area contributed by atoms with E-state index in [1.807, 2.05) is 36.4 Å². The molecule has 0 aliphatic carbocycles. The summed E-state index contributed by atoms with van der Waals surface area (Å²) in [6.07, 6.45) is 0. The Morgan fingerprint density at radius 2 is 1.77 bits per heavy atom. The molecule has 0 radical (unpaired) electrons. The monoisotopic (exact) mass is 317 g/mol. The topological polar surface area (TPSA) is 49.9 Å². The Morgan fingerprint density at radius 1 is 1.05 bits per heavy atom. The highest BCUT2D eigenvalue weighted by molar-refractivity contribution is 5.66. The van der Waals surface area contributed by atoms with Crippen LogP contribution in [0, 0.1) is 5.39 Å². The van der Waals surface area contributed by atoms with Crippen molar-refractivity contribution in [3.63, 3.8) is 0 Å². The third-order valence-corrected chi connectivity index (χ3v) is 3.38. The summed E-state index contributed by atoms with van der Waals surface area (Å²) in [5.41, 5.74) is 1.45. The van der Waals surface area contributed by atoms with Crippen LogP contribution >= 0.6 is 0 Å². The number of nitrogens with zero attached hydrogens (tertiary/aromatic N) is 3. The number of anilines is 1. The largest absolute Gasteiger partial charge is 1.00 e. The van der Waals surface area contributed by atoms with Gasteiger partial charge in [-0.25, -0.2) is 0 Å². The van der Waals surface area contributed by atoms with Gasteiger partial charge < -0.3 is 26.8 Å². The quantitative estimate of drug-likeness (QED) is 0.786. The fraction of sp³-hybridized carbons (Fsp3) is 0.250. The van der Waals surface area contributed by atoms with Gasteiger partial charge in [0.2, 0.25) is 5.39 Å². The summed E-state index contributed by atoms with van der Waals surface area (Å²) in [5.74, 6) is 1.43. The van der Waals surface area contributed by atoms with Gasteiger partial charge in [-0.15, -0.1) is 0 Å². The number of diazo groups is 1. The molecule has 0 bridgehead atoms. The molecule has 0 atom stereocenters.